The Kier molecular flexibility index (Phi) is 4.46. The van der Waals surface area contributed by atoms with Gasteiger partial charge in [-0.05, 0) is 36.6 Å². The molecule has 28 heavy (non-hydrogen) atoms. The molecule has 0 aliphatic carbocycles. The van der Waals surface area contributed by atoms with Crippen LogP contribution in [0.15, 0.2) is 24.3 Å². The predicted molar refractivity (Wildman–Crippen MR) is 107 cm³/mol. The maximum absolute atomic E-state index is 13.6. The SMILES string of the molecule is COc1c2c(cc3c1C(C(=O)Nc1c(C)cccc1C)[N+](C)(C)CC3)OCO2. The molecule has 0 saturated carbocycles. The summed E-state index contributed by atoms with van der Waals surface area (Å²) >= 11 is 0. The molecule has 2 aromatic carbocycles. The van der Waals surface area contributed by atoms with Gasteiger partial charge in [0.2, 0.25) is 12.5 Å². The van der Waals surface area contributed by atoms with Crippen molar-refractivity contribution in [1.82, 2.24) is 0 Å². The monoisotopic (exact) mass is 383 g/mol. The second-order valence-corrected chi connectivity index (χ2v) is 8.13. The summed E-state index contributed by atoms with van der Waals surface area (Å²) < 4.78 is 17.5. The molecule has 2 aromatic rings. The Hall–Kier alpha value is -2.73. The van der Waals surface area contributed by atoms with Crippen LogP contribution in [-0.4, -0.2) is 44.9 Å². The maximum Gasteiger partial charge on any atom is 0.287 e. The highest BCUT2D eigenvalue weighted by atomic mass is 16.7. The minimum absolute atomic E-state index is 0.0412. The van der Waals surface area contributed by atoms with E-state index in [9.17, 15) is 4.79 Å². The first-order valence-corrected chi connectivity index (χ1v) is 9.52. The number of carbonyl (C=O) groups excluding carboxylic acids is 1. The van der Waals surface area contributed by atoms with Gasteiger partial charge in [-0.25, -0.2) is 0 Å². The summed E-state index contributed by atoms with van der Waals surface area (Å²) in [4.78, 5) is 13.6. The number of hydrogen-bond donors (Lipinski definition) is 1. The van der Waals surface area contributed by atoms with Crippen molar-refractivity contribution in [3.8, 4) is 17.2 Å². The number of anilines is 1. The fraction of sp³-hybridized carbons (Fsp3) is 0.409. The number of likely N-dealkylation sites (N-methyl/N-ethyl adjacent to an activating group) is 1. The molecule has 6 heteroatoms. The Labute approximate surface area is 165 Å². The minimum atomic E-state index is -0.410. The van der Waals surface area contributed by atoms with Gasteiger partial charge >= 0.3 is 0 Å². The zero-order chi connectivity index (χ0) is 20.1. The van der Waals surface area contributed by atoms with E-state index in [1.807, 2.05) is 38.1 Å². The lowest BCUT2D eigenvalue weighted by Gasteiger charge is -2.42. The third kappa shape index (κ3) is 2.88. The lowest BCUT2D eigenvalue weighted by molar-refractivity contribution is -0.913. The molecule has 0 bridgehead atoms. The number of ether oxygens (including phenoxy) is 3. The quantitative estimate of drug-likeness (QED) is 0.826. The summed E-state index contributed by atoms with van der Waals surface area (Å²) in [5.74, 6) is 1.85. The van der Waals surface area contributed by atoms with Crippen LogP contribution >= 0.6 is 0 Å². The first-order valence-electron chi connectivity index (χ1n) is 9.52. The number of quaternary nitrogens is 1. The molecule has 0 saturated heterocycles. The Morgan fingerprint density at radius 2 is 1.93 bits per heavy atom. The Morgan fingerprint density at radius 3 is 2.61 bits per heavy atom. The van der Waals surface area contributed by atoms with E-state index >= 15 is 0 Å². The first kappa shape index (κ1) is 18.6. The number of benzene rings is 2. The number of para-hydroxylation sites is 1. The number of methoxy groups -OCH3 is 1. The average Bonchev–Trinajstić information content (AvgIpc) is 3.10. The predicted octanol–water partition coefficient (Wildman–Crippen LogP) is 3.35. The maximum atomic E-state index is 13.6. The van der Waals surface area contributed by atoms with Crippen molar-refractivity contribution >= 4 is 11.6 Å². The molecule has 148 valence electrons. The van der Waals surface area contributed by atoms with E-state index in [4.69, 9.17) is 14.2 Å². The number of amides is 1. The molecule has 2 aliphatic heterocycles. The highest BCUT2D eigenvalue weighted by Gasteiger charge is 2.45. The van der Waals surface area contributed by atoms with Crippen LogP contribution in [0.1, 0.15) is 28.3 Å². The van der Waals surface area contributed by atoms with E-state index in [1.165, 1.54) is 0 Å². The van der Waals surface area contributed by atoms with Crippen LogP contribution in [0, 0.1) is 13.8 Å². The fourth-order valence-corrected chi connectivity index (χ4v) is 4.33. The van der Waals surface area contributed by atoms with E-state index in [2.05, 4.69) is 19.4 Å². The minimum Gasteiger partial charge on any atom is -0.492 e. The van der Waals surface area contributed by atoms with Crippen molar-refractivity contribution in [2.75, 3.05) is 39.9 Å². The lowest BCUT2D eigenvalue weighted by atomic mass is 9.88. The van der Waals surface area contributed by atoms with E-state index < -0.39 is 6.04 Å². The number of hydrogen-bond acceptors (Lipinski definition) is 4. The second-order valence-electron chi connectivity index (χ2n) is 8.13. The summed E-state index contributed by atoms with van der Waals surface area (Å²) in [6.07, 6.45) is 0.850. The summed E-state index contributed by atoms with van der Waals surface area (Å²) in [6, 6.07) is 7.61. The van der Waals surface area contributed by atoms with Crippen LogP contribution in [-0.2, 0) is 11.2 Å². The molecule has 1 N–H and O–H groups in total. The zero-order valence-corrected chi connectivity index (χ0v) is 17.1. The van der Waals surface area contributed by atoms with Gasteiger partial charge in [0.25, 0.3) is 5.91 Å². The lowest BCUT2D eigenvalue weighted by Crippen LogP contribution is -2.52. The molecule has 2 aliphatic rings. The molecule has 6 nitrogen and oxygen atoms in total. The molecule has 0 fully saturated rings. The molecule has 0 aromatic heterocycles. The number of fused-ring (bicyclic) bond motifs is 2. The number of rotatable bonds is 3. The van der Waals surface area contributed by atoms with Crippen LogP contribution in [0.2, 0.25) is 0 Å². The molecule has 0 radical (unpaired) electrons. The molecule has 4 rings (SSSR count). The van der Waals surface area contributed by atoms with Crippen LogP contribution in [0.3, 0.4) is 0 Å². The van der Waals surface area contributed by atoms with Crippen molar-refractivity contribution in [1.29, 1.82) is 0 Å². The Balaban J connectivity index is 1.82. The summed E-state index contributed by atoms with van der Waals surface area (Å²) in [7, 11) is 5.79. The average molecular weight is 383 g/mol. The highest BCUT2D eigenvalue weighted by molar-refractivity contribution is 5.97. The summed E-state index contributed by atoms with van der Waals surface area (Å²) in [6.45, 7) is 5.04. The van der Waals surface area contributed by atoms with Crippen molar-refractivity contribution in [2.24, 2.45) is 0 Å². The Bertz CT molecular complexity index is 932. The van der Waals surface area contributed by atoms with Gasteiger partial charge in [-0.15, -0.1) is 0 Å². The Morgan fingerprint density at radius 1 is 1.21 bits per heavy atom. The summed E-state index contributed by atoms with van der Waals surface area (Å²) in [5, 5.41) is 3.18. The van der Waals surface area contributed by atoms with Crippen molar-refractivity contribution in [3.63, 3.8) is 0 Å². The number of aryl methyl sites for hydroxylation is 2. The van der Waals surface area contributed by atoms with Gasteiger partial charge in [-0.1, -0.05) is 18.2 Å². The molecule has 1 unspecified atom stereocenters. The van der Waals surface area contributed by atoms with Gasteiger partial charge in [-0.3, -0.25) is 4.79 Å². The van der Waals surface area contributed by atoms with Crippen LogP contribution in [0.4, 0.5) is 5.69 Å². The van der Waals surface area contributed by atoms with Gasteiger partial charge in [0, 0.05) is 12.1 Å². The van der Waals surface area contributed by atoms with Gasteiger partial charge in [0.05, 0.1) is 33.3 Å². The highest BCUT2D eigenvalue weighted by Crippen LogP contribution is 2.50. The van der Waals surface area contributed by atoms with Crippen molar-refractivity contribution < 1.29 is 23.5 Å². The molecular weight excluding hydrogens is 356 g/mol. The largest absolute Gasteiger partial charge is 0.492 e. The number of carbonyl (C=O) groups is 1. The van der Waals surface area contributed by atoms with E-state index in [1.54, 1.807) is 7.11 Å². The number of nitrogens with zero attached hydrogens (tertiary/aromatic N) is 1. The second kappa shape index (κ2) is 6.71. The molecule has 1 atom stereocenters. The normalized spacial score (nSPS) is 19.1. The van der Waals surface area contributed by atoms with Crippen LogP contribution < -0.4 is 19.5 Å². The van der Waals surface area contributed by atoms with Gasteiger partial charge in [-0.2, -0.15) is 0 Å². The molecular formula is C22H27N2O4+. The summed E-state index contributed by atoms with van der Waals surface area (Å²) in [5.41, 5.74) is 4.95. The van der Waals surface area contributed by atoms with Gasteiger partial charge in [0.15, 0.2) is 17.5 Å². The number of nitrogens with one attached hydrogen (secondary N) is 1. The third-order valence-electron chi connectivity index (χ3n) is 5.86. The van der Waals surface area contributed by atoms with Crippen molar-refractivity contribution in [2.45, 2.75) is 26.3 Å². The van der Waals surface area contributed by atoms with Gasteiger partial charge in [0.1, 0.15) is 0 Å². The smallest absolute Gasteiger partial charge is 0.287 e. The van der Waals surface area contributed by atoms with Gasteiger partial charge < -0.3 is 24.0 Å². The van der Waals surface area contributed by atoms with E-state index in [-0.39, 0.29) is 12.7 Å². The third-order valence-corrected chi connectivity index (χ3v) is 5.86. The van der Waals surface area contributed by atoms with E-state index in [0.29, 0.717) is 21.7 Å². The molecule has 0 spiro atoms. The topological polar surface area (TPSA) is 56.8 Å². The standard InChI is InChI=1S/C22H26N2O4/c1-13-7-6-8-14(2)18(13)23-22(25)19-17-15(9-10-24(19,3)4)11-16-20(21(17)26-5)28-12-27-16/h6-8,11,19H,9-10,12H2,1-5H3/p+1. The molecule has 2 heterocycles. The van der Waals surface area contributed by atoms with Crippen LogP contribution in [0.25, 0.3) is 0 Å². The zero-order valence-electron chi connectivity index (χ0n) is 17.1. The first-order chi connectivity index (χ1) is 13.3. The molecule has 1 amide bonds. The van der Waals surface area contributed by atoms with E-state index in [0.717, 1.165) is 40.9 Å². The van der Waals surface area contributed by atoms with Crippen molar-refractivity contribution in [3.05, 3.63) is 46.5 Å². The van der Waals surface area contributed by atoms with Crippen LogP contribution in [0.5, 0.6) is 17.2 Å². The fourth-order valence-electron chi connectivity index (χ4n) is 4.33.